The van der Waals surface area contributed by atoms with Crippen molar-refractivity contribution in [1.29, 1.82) is 0 Å². The lowest BCUT2D eigenvalue weighted by atomic mass is 9.93. The van der Waals surface area contributed by atoms with Crippen LogP contribution in [0.2, 0.25) is 0 Å². The summed E-state index contributed by atoms with van der Waals surface area (Å²) in [7, 11) is 0. The minimum absolute atomic E-state index is 0.167. The molecule has 1 amide bonds. The molecule has 0 bridgehead atoms. The lowest BCUT2D eigenvalue weighted by molar-refractivity contribution is -0.134. The summed E-state index contributed by atoms with van der Waals surface area (Å²) in [5, 5.41) is 0. The van der Waals surface area contributed by atoms with E-state index in [1.54, 1.807) is 0 Å². The normalized spacial score (nSPS) is 22.8. The minimum atomic E-state index is -0.167. The van der Waals surface area contributed by atoms with Crippen molar-refractivity contribution in [2.24, 2.45) is 0 Å². The van der Waals surface area contributed by atoms with Gasteiger partial charge in [0.25, 0.3) is 0 Å². The van der Waals surface area contributed by atoms with E-state index in [-0.39, 0.29) is 5.41 Å². The molecule has 1 aromatic rings. The summed E-state index contributed by atoms with van der Waals surface area (Å²) in [6, 6.07) is 10.3. The van der Waals surface area contributed by atoms with Gasteiger partial charge in [-0.15, -0.1) is 0 Å². The van der Waals surface area contributed by atoms with Crippen molar-refractivity contribution >= 4 is 28.5 Å². The number of nitrogens with zero attached hydrogens (tertiary/aromatic N) is 1. The molecular weight excluding hydrogens is 337 g/mol. The van der Waals surface area contributed by atoms with E-state index >= 15 is 0 Å². The molecule has 1 aliphatic carbocycles. The van der Waals surface area contributed by atoms with Crippen molar-refractivity contribution in [1.82, 2.24) is 4.90 Å². The highest BCUT2D eigenvalue weighted by molar-refractivity contribution is 14.1. The van der Waals surface area contributed by atoms with E-state index in [1.807, 2.05) is 18.2 Å². The van der Waals surface area contributed by atoms with Crippen LogP contribution in [0.25, 0.3) is 0 Å². The van der Waals surface area contributed by atoms with Crippen molar-refractivity contribution < 1.29 is 4.79 Å². The van der Waals surface area contributed by atoms with Crippen LogP contribution < -0.4 is 0 Å². The molecule has 1 heterocycles. The van der Waals surface area contributed by atoms with Gasteiger partial charge in [-0.25, -0.2) is 0 Å². The maximum Gasteiger partial charge on any atom is 0.233 e. The predicted octanol–water partition coefficient (Wildman–Crippen LogP) is 3.14. The van der Waals surface area contributed by atoms with Gasteiger partial charge in [-0.2, -0.15) is 0 Å². The smallest absolute Gasteiger partial charge is 0.233 e. The van der Waals surface area contributed by atoms with E-state index in [9.17, 15) is 4.79 Å². The van der Waals surface area contributed by atoms with Crippen LogP contribution in [0.4, 0.5) is 0 Å². The molecule has 2 aliphatic rings. The van der Waals surface area contributed by atoms with E-state index in [4.69, 9.17) is 0 Å². The maximum absolute atomic E-state index is 12.7. The van der Waals surface area contributed by atoms with Crippen LogP contribution in [0.15, 0.2) is 30.3 Å². The van der Waals surface area contributed by atoms with Gasteiger partial charge in [0.1, 0.15) is 0 Å². The topological polar surface area (TPSA) is 20.3 Å². The Morgan fingerprint density at radius 2 is 1.78 bits per heavy atom. The lowest BCUT2D eigenvalue weighted by Gasteiger charge is -2.32. The Morgan fingerprint density at radius 3 is 2.33 bits per heavy atom. The summed E-state index contributed by atoms with van der Waals surface area (Å²) >= 11 is 2.50. The zero-order chi connectivity index (χ0) is 12.6. The average Bonchev–Trinajstić information content (AvgIpc) is 3.21. The third-order valence-corrected chi connectivity index (χ3v) is 5.44. The molecule has 0 unspecified atom stereocenters. The summed E-state index contributed by atoms with van der Waals surface area (Å²) in [6.45, 7) is 1.89. The van der Waals surface area contributed by atoms with Crippen LogP contribution in [0.3, 0.4) is 0 Å². The number of rotatable bonds is 2. The third-order valence-electron chi connectivity index (χ3n) is 4.20. The molecule has 2 nitrogen and oxygen atoms in total. The summed E-state index contributed by atoms with van der Waals surface area (Å²) in [5.74, 6) is 0.372. The number of amides is 1. The lowest BCUT2D eigenvalue weighted by Crippen LogP contribution is -2.44. The first-order valence-electron chi connectivity index (χ1n) is 6.71. The zero-order valence-corrected chi connectivity index (χ0v) is 12.6. The summed E-state index contributed by atoms with van der Waals surface area (Å²) < 4.78 is 0.749. The molecule has 2 fully saturated rings. The second-order valence-electron chi connectivity index (χ2n) is 5.41. The van der Waals surface area contributed by atoms with Gasteiger partial charge in [0.2, 0.25) is 5.91 Å². The summed E-state index contributed by atoms with van der Waals surface area (Å²) in [4.78, 5) is 14.8. The molecule has 0 atom stereocenters. The van der Waals surface area contributed by atoms with Crippen LogP contribution in [0, 0.1) is 0 Å². The summed E-state index contributed by atoms with van der Waals surface area (Å²) in [6.07, 6.45) is 4.36. The third kappa shape index (κ3) is 2.17. The monoisotopic (exact) mass is 355 g/mol. The molecule has 3 heteroatoms. The molecule has 1 aliphatic heterocycles. The summed E-state index contributed by atoms with van der Waals surface area (Å²) in [5.41, 5.74) is 1.05. The Kier molecular flexibility index (Phi) is 3.34. The standard InChI is InChI=1S/C15H18INO/c16-13-6-10-17(11-7-13)14(18)15(8-9-15)12-4-2-1-3-5-12/h1-5,13H,6-11H2. The van der Waals surface area contributed by atoms with Crippen molar-refractivity contribution in [3.05, 3.63) is 35.9 Å². The van der Waals surface area contributed by atoms with Gasteiger partial charge in [-0.05, 0) is 31.2 Å². The number of halogens is 1. The van der Waals surface area contributed by atoms with Gasteiger partial charge in [0, 0.05) is 17.0 Å². The van der Waals surface area contributed by atoms with Crippen molar-refractivity contribution in [2.45, 2.75) is 35.0 Å². The molecule has 0 N–H and O–H groups in total. The number of carbonyl (C=O) groups excluding carboxylic acids is 1. The second kappa shape index (κ2) is 4.83. The predicted molar refractivity (Wildman–Crippen MR) is 81.0 cm³/mol. The molecular formula is C15H18INO. The SMILES string of the molecule is O=C(N1CCC(I)CC1)C1(c2ccccc2)CC1. The Hall–Kier alpha value is -0.580. The number of hydrogen-bond acceptors (Lipinski definition) is 1. The largest absolute Gasteiger partial charge is 0.342 e. The van der Waals surface area contributed by atoms with Crippen molar-refractivity contribution in [2.75, 3.05) is 13.1 Å². The average molecular weight is 355 g/mol. The number of piperidine rings is 1. The minimum Gasteiger partial charge on any atom is -0.342 e. The van der Waals surface area contributed by atoms with Crippen LogP contribution in [-0.2, 0) is 10.2 Å². The Balaban J connectivity index is 1.77. The molecule has 1 saturated carbocycles. The van der Waals surface area contributed by atoms with Crippen LogP contribution in [0.5, 0.6) is 0 Å². The molecule has 0 radical (unpaired) electrons. The van der Waals surface area contributed by atoms with E-state index < -0.39 is 0 Å². The fraction of sp³-hybridized carbons (Fsp3) is 0.533. The number of alkyl halides is 1. The first-order chi connectivity index (χ1) is 8.72. The van der Waals surface area contributed by atoms with E-state index in [2.05, 4.69) is 39.6 Å². The first-order valence-corrected chi connectivity index (χ1v) is 7.96. The highest BCUT2D eigenvalue weighted by Crippen LogP contribution is 2.49. The van der Waals surface area contributed by atoms with Crippen LogP contribution in [-0.4, -0.2) is 27.8 Å². The Labute approximate surface area is 122 Å². The Morgan fingerprint density at radius 1 is 1.17 bits per heavy atom. The molecule has 1 aromatic carbocycles. The maximum atomic E-state index is 12.7. The van der Waals surface area contributed by atoms with Crippen LogP contribution >= 0.6 is 22.6 Å². The molecule has 3 rings (SSSR count). The highest BCUT2D eigenvalue weighted by Gasteiger charge is 2.53. The molecule has 18 heavy (non-hydrogen) atoms. The van der Waals surface area contributed by atoms with Gasteiger partial charge in [0.05, 0.1) is 5.41 Å². The number of likely N-dealkylation sites (tertiary alicyclic amines) is 1. The van der Waals surface area contributed by atoms with Gasteiger partial charge < -0.3 is 4.90 Å². The molecule has 0 aromatic heterocycles. The highest BCUT2D eigenvalue weighted by atomic mass is 127. The Bertz CT molecular complexity index is 433. The second-order valence-corrected chi connectivity index (χ2v) is 7.18. The number of carbonyl (C=O) groups is 1. The van der Waals surface area contributed by atoms with Gasteiger partial charge in [-0.1, -0.05) is 52.9 Å². The van der Waals surface area contributed by atoms with E-state index in [1.165, 1.54) is 5.56 Å². The zero-order valence-electron chi connectivity index (χ0n) is 10.4. The quantitative estimate of drug-likeness (QED) is 0.590. The van der Waals surface area contributed by atoms with E-state index in [0.29, 0.717) is 5.91 Å². The fourth-order valence-corrected chi connectivity index (χ4v) is 3.42. The van der Waals surface area contributed by atoms with Gasteiger partial charge >= 0.3 is 0 Å². The van der Waals surface area contributed by atoms with Gasteiger partial charge in [0.15, 0.2) is 0 Å². The number of hydrogen-bond donors (Lipinski definition) is 0. The molecule has 96 valence electrons. The van der Waals surface area contributed by atoms with E-state index in [0.717, 1.165) is 42.7 Å². The van der Waals surface area contributed by atoms with Crippen LogP contribution in [0.1, 0.15) is 31.2 Å². The van der Waals surface area contributed by atoms with Crippen molar-refractivity contribution in [3.8, 4) is 0 Å². The number of benzene rings is 1. The van der Waals surface area contributed by atoms with Gasteiger partial charge in [-0.3, -0.25) is 4.79 Å². The van der Waals surface area contributed by atoms with Crippen molar-refractivity contribution in [3.63, 3.8) is 0 Å². The fourth-order valence-electron chi connectivity index (χ4n) is 2.86. The molecule has 0 spiro atoms. The first kappa shape index (κ1) is 12.5. The molecule has 1 saturated heterocycles.